The second-order valence-corrected chi connectivity index (χ2v) is 4.82. The van der Waals surface area contributed by atoms with Crippen molar-refractivity contribution < 1.29 is 9.18 Å². The van der Waals surface area contributed by atoms with Gasteiger partial charge in [0, 0.05) is 18.3 Å². The Bertz CT molecular complexity index is 610. The molecule has 0 radical (unpaired) electrons. The molecule has 2 N–H and O–H groups in total. The van der Waals surface area contributed by atoms with Crippen LogP contribution in [0.3, 0.4) is 0 Å². The van der Waals surface area contributed by atoms with Gasteiger partial charge in [-0.15, -0.1) is 0 Å². The molecular formula is C17H19FN2O. The molecular weight excluding hydrogens is 267 g/mol. The van der Waals surface area contributed by atoms with Gasteiger partial charge < -0.3 is 10.6 Å². The molecule has 0 aromatic heterocycles. The molecule has 0 heterocycles. The van der Waals surface area contributed by atoms with Gasteiger partial charge in [0.1, 0.15) is 5.82 Å². The van der Waals surface area contributed by atoms with Gasteiger partial charge in [-0.1, -0.05) is 19.1 Å². The van der Waals surface area contributed by atoms with Crippen LogP contribution in [0.1, 0.15) is 35.3 Å². The number of anilines is 1. The summed E-state index contributed by atoms with van der Waals surface area (Å²) in [5.41, 5.74) is 2.42. The summed E-state index contributed by atoms with van der Waals surface area (Å²) in [5.74, 6) is -0.346. The number of hydrogen-bond acceptors (Lipinski definition) is 2. The lowest BCUT2D eigenvalue weighted by molar-refractivity contribution is 0.0963. The van der Waals surface area contributed by atoms with Gasteiger partial charge >= 0.3 is 0 Å². The minimum atomic E-state index is -0.234. The van der Waals surface area contributed by atoms with E-state index < -0.39 is 0 Å². The number of halogens is 1. The van der Waals surface area contributed by atoms with E-state index in [4.69, 9.17) is 0 Å². The topological polar surface area (TPSA) is 41.1 Å². The summed E-state index contributed by atoms with van der Waals surface area (Å²) in [6.45, 7) is 2.04. The highest BCUT2D eigenvalue weighted by molar-refractivity contribution is 5.94. The second kappa shape index (κ2) is 6.88. The Morgan fingerprint density at radius 1 is 1.19 bits per heavy atom. The molecule has 2 aromatic carbocycles. The van der Waals surface area contributed by atoms with E-state index in [0.29, 0.717) is 5.56 Å². The third-order valence-electron chi connectivity index (χ3n) is 3.37. The van der Waals surface area contributed by atoms with Crippen LogP contribution in [-0.4, -0.2) is 13.0 Å². The van der Waals surface area contributed by atoms with Crippen LogP contribution in [-0.2, 0) is 0 Å². The van der Waals surface area contributed by atoms with Crippen molar-refractivity contribution in [1.29, 1.82) is 0 Å². The number of carbonyl (C=O) groups is 1. The van der Waals surface area contributed by atoms with E-state index in [1.54, 1.807) is 31.3 Å². The fraction of sp³-hybridized carbons (Fsp3) is 0.235. The van der Waals surface area contributed by atoms with Crippen LogP contribution in [0.15, 0.2) is 48.5 Å². The lowest BCUT2D eigenvalue weighted by Gasteiger charge is -2.19. The average molecular weight is 286 g/mol. The van der Waals surface area contributed by atoms with Crippen LogP contribution in [0.2, 0.25) is 0 Å². The van der Waals surface area contributed by atoms with Gasteiger partial charge in [-0.25, -0.2) is 4.39 Å². The Morgan fingerprint density at radius 3 is 2.48 bits per heavy atom. The van der Waals surface area contributed by atoms with Crippen molar-refractivity contribution in [3.63, 3.8) is 0 Å². The molecule has 0 saturated heterocycles. The third kappa shape index (κ3) is 3.81. The van der Waals surface area contributed by atoms with Gasteiger partial charge in [0.05, 0.1) is 6.04 Å². The predicted molar refractivity (Wildman–Crippen MR) is 82.9 cm³/mol. The standard InChI is InChI=1S/C17H19FN2O/c1-3-16(13-5-4-6-14(18)11-13)20-15-9-7-12(8-10-15)17(21)19-2/h4-11,16,20H,3H2,1-2H3,(H,19,21). The Morgan fingerprint density at radius 2 is 1.90 bits per heavy atom. The van der Waals surface area contributed by atoms with Crippen molar-refractivity contribution >= 4 is 11.6 Å². The number of rotatable bonds is 5. The first-order chi connectivity index (χ1) is 10.1. The maximum atomic E-state index is 13.3. The monoisotopic (exact) mass is 286 g/mol. The van der Waals surface area contributed by atoms with E-state index in [9.17, 15) is 9.18 Å². The van der Waals surface area contributed by atoms with Crippen LogP contribution >= 0.6 is 0 Å². The predicted octanol–water partition coefficient (Wildman–Crippen LogP) is 3.75. The summed E-state index contributed by atoms with van der Waals surface area (Å²) in [7, 11) is 1.60. The molecule has 0 aliphatic carbocycles. The van der Waals surface area contributed by atoms with Crippen molar-refractivity contribution in [2.45, 2.75) is 19.4 Å². The molecule has 1 amide bonds. The summed E-state index contributed by atoms with van der Waals surface area (Å²) >= 11 is 0. The third-order valence-corrected chi connectivity index (χ3v) is 3.37. The number of carbonyl (C=O) groups excluding carboxylic acids is 1. The molecule has 3 nitrogen and oxygen atoms in total. The molecule has 0 saturated carbocycles. The molecule has 2 aromatic rings. The first-order valence-corrected chi connectivity index (χ1v) is 6.98. The van der Waals surface area contributed by atoms with Crippen LogP contribution in [0.25, 0.3) is 0 Å². The Hall–Kier alpha value is -2.36. The molecule has 0 aliphatic heterocycles. The highest BCUT2D eigenvalue weighted by Crippen LogP contribution is 2.23. The van der Waals surface area contributed by atoms with Crippen LogP contribution in [0, 0.1) is 5.82 Å². The largest absolute Gasteiger partial charge is 0.378 e. The lowest BCUT2D eigenvalue weighted by atomic mass is 10.0. The summed E-state index contributed by atoms with van der Waals surface area (Å²) in [6.07, 6.45) is 0.834. The van der Waals surface area contributed by atoms with E-state index in [1.165, 1.54) is 6.07 Å². The number of nitrogens with one attached hydrogen (secondary N) is 2. The van der Waals surface area contributed by atoms with Crippen molar-refractivity contribution in [3.8, 4) is 0 Å². The molecule has 1 atom stereocenters. The molecule has 4 heteroatoms. The normalized spacial score (nSPS) is 11.8. The second-order valence-electron chi connectivity index (χ2n) is 4.82. The molecule has 0 aliphatic rings. The Balaban J connectivity index is 2.13. The minimum Gasteiger partial charge on any atom is -0.378 e. The van der Waals surface area contributed by atoms with E-state index in [-0.39, 0.29) is 17.8 Å². The SMILES string of the molecule is CCC(Nc1ccc(C(=O)NC)cc1)c1cccc(F)c1. The zero-order valence-electron chi connectivity index (χ0n) is 12.2. The van der Waals surface area contributed by atoms with Gasteiger partial charge in [-0.2, -0.15) is 0 Å². The zero-order chi connectivity index (χ0) is 15.2. The smallest absolute Gasteiger partial charge is 0.251 e. The quantitative estimate of drug-likeness (QED) is 0.879. The molecule has 0 spiro atoms. The van der Waals surface area contributed by atoms with E-state index in [1.807, 2.05) is 25.1 Å². The molecule has 0 fully saturated rings. The first kappa shape index (κ1) is 15.0. The Labute approximate surface area is 124 Å². The minimum absolute atomic E-state index is 0.0338. The van der Waals surface area contributed by atoms with E-state index in [0.717, 1.165) is 17.7 Å². The fourth-order valence-corrected chi connectivity index (χ4v) is 2.21. The first-order valence-electron chi connectivity index (χ1n) is 6.98. The summed E-state index contributed by atoms with van der Waals surface area (Å²) in [5, 5.41) is 5.94. The van der Waals surface area contributed by atoms with Crippen molar-refractivity contribution in [1.82, 2.24) is 5.32 Å². The van der Waals surface area contributed by atoms with Gasteiger partial charge in [-0.05, 0) is 48.4 Å². The average Bonchev–Trinajstić information content (AvgIpc) is 2.52. The molecule has 2 rings (SSSR count). The Kier molecular flexibility index (Phi) is 4.93. The van der Waals surface area contributed by atoms with Crippen molar-refractivity contribution in [3.05, 3.63) is 65.5 Å². The molecule has 110 valence electrons. The van der Waals surface area contributed by atoms with Crippen LogP contribution in [0.4, 0.5) is 10.1 Å². The highest BCUT2D eigenvalue weighted by atomic mass is 19.1. The van der Waals surface area contributed by atoms with Gasteiger partial charge in [0.25, 0.3) is 5.91 Å². The van der Waals surface area contributed by atoms with Crippen LogP contribution < -0.4 is 10.6 Å². The van der Waals surface area contributed by atoms with E-state index >= 15 is 0 Å². The van der Waals surface area contributed by atoms with Crippen LogP contribution in [0.5, 0.6) is 0 Å². The van der Waals surface area contributed by atoms with Crippen molar-refractivity contribution in [2.24, 2.45) is 0 Å². The molecule has 1 unspecified atom stereocenters. The number of amides is 1. The molecule has 21 heavy (non-hydrogen) atoms. The van der Waals surface area contributed by atoms with Gasteiger partial charge in [-0.3, -0.25) is 4.79 Å². The van der Waals surface area contributed by atoms with Gasteiger partial charge in [0.15, 0.2) is 0 Å². The number of hydrogen-bond donors (Lipinski definition) is 2. The summed E-state index contributed by atoms with van der Waals surface area (Å²) < 4.78 is 13.3. The highest BCUT2D eigenvalue weighted by Gasteiger charge is 2.10. The fourth-order valence-electron chi connectivity index (χ4n) is 2.21. The summed E-state index contributed by atoms with van der Waals surface area (Å²) in [6, 6.07) is 13.9. The maximum Gasteiger partial charge on any atom is 0.251 e. The van der Waals surface area contributed by atoms with Gasteiger partial charge in [0.2, 0.25) is 0 Å². The summed E-state index contributed by atoms with van der Waals surface area (Å²) in [4.78, 5) is 11.5. The number of benzene rings is 2. The molecule has 0 bridgehead atoms. The zero-order valence-corrected chi connectivity index (χ0v) is 12.2. The van der Waals surface area contributed by atoms with Crippen molar-refractivity contribution in [2.75, 3.05) is 12.4 Å². The lowest BCUT2D eigenvalue weighted by Crippen LogP contribution is -2.17. The maximum absolute atomic E-state index is 13.3. The van der Waals surface area contributed by atoms with E-state index in [2.05, 4.69) is 10.6 Å².